The molecule has 2 bridgehead atoms. The zero-order valence-corrected chi connectivity index (χ0v) is 33.9. The molecule has 0 radical (unpaired) electrons. The van der Waals surface area contributed by atoms with Crippen LogP contribution in [0.2, 0.25) is 0 Å². The minimum atomic E-state index is -2.16. The lowest BCUT2D eigenvalue weighted by atomic mass is 9.47. The third kappa shape index (κ3) is 7.12. The maximum atomic E-state index is 15.1. The number of amides is 1. The van der Waals surface area contributed by atoms with E-state index in [1.54, 1.807) is 81.4 Å². The summed E-state index contributed by atoms with van der Waals surface area (Å²) in [6, 6.07) is 15.1. The van der Waals surface area contributed by atoms with Crippen molar-refractivity contribution in [1.29, 1.82) is 0 Å². The van der Waals surface area contributed by atoms with Crippen molar-refractivity contribution < 1.29 is 67.3 Å². The Morgan fingerprint density at radius 2 is 1.60 bits per heavy atom. The van der Waals surface area contributed by atoms with Gasteiger partial charge in [-0.3, -0.25) is 24.0 Å². The van der Waals surface area contributed by atoms with Crippen LogP contribution in [0.15, 0.2) is 71.8 Å². The second-order valence-corrected chi connectivity index (χ2v) is 16.3. The van der Waals surface area contributed by atoms with Crippen molar-refractivity contribution in [3.05, 3.63) is 82.9 Å². The summed E-state index contributed by atoms with van der Waals surface area (Å²) in [6.45, 7) is 8.46. The molecule has 3 fully saturated rings. The van der Waals surface area contributed by atoms with Gasteiger partial charge in [0.05, 0.1) is 23.5 Å². The number of benzene rings is 2. The molecule has 2 saturated carbocycles. The lowest BCUT2D eigenvalue weighted by molar-refractivity contribution is -0.246. The van der Waals surface area contributed by atoms with Crippen LogP contribution in [0, 0.1) is 16.7 Å². The molecule has 1 heterocycles. The summed E-state index contributed by atoms with van der Waals surface area (Å²) in [7, 11) is 1.28. The standard InChI is InChI=1S/C41H47BClNO14/c1-20-25(54-37(51)32(55-28(48)19-43)30(23-13-9-7-10-14-23)44-36(50)24-15-11-8-12-16-24)18-40(52)35(58-42)33-39(6,26(47)17-27-41(33,57-27)56-22(3)46)34(49)31(53-21(2)45)29(20)38(40,4)5/h7-16,25-27,30-33,35,47,52H,17-19,42H2,1-6H3,(H,44,50)/t25-,26-,27+,30-,31+,32+,33-,35-,39+,40+,41+/m0/s1. The molecule has 0 spiro atoms. The zero-order chi connectivity index (χ0) is 42.5. The maximum absolute atomic E-state index is 15.1. The Morgan fingerprint density at radius 1 is 0.983 bits per heavy atom. The van der Waals surface area contributed by atoms with E-state index in [1.807, 2.05) is 0 Å². The van der Waals surface area contributed by atoms with Crippen LogP contribution in [0.1, 0.15) is 76.3 Å². The molecule has 17 heteroatoms. The number of epoxide rings is 1. The first kappa shape index (κ1) is 43.0. The molecule has 0 aromatic heterocycles. The van der Waals surface area contributed by atoms with E-state index >= 15 is 4.79 Å². The number of fused-ring (bicyclic) bond motifs is 5. The van der Waals surface area contributed by atoms with Crippen molar-refractivity contribution in [2.24, 2.45) is 16.7 Å². The van der Waals surface area contributed by atoms with Gasteiger partial charge < -0.3 is 43.9 Å². The third-order valence-electron chi connectivity index (χ3n) is 12.4. The molecule has 15 nitrogen and oxygen atoms in total. The van der Waals surface area contributed by atoms with E-state index in [2.05, 4.69) is 5.32 Å². The number of ketones is 1. The molecule has 1 saturated heterocycles. The number of hydrogen-bond acceptors (Lipinski definition) is 14. The first-order valence-electron chi connectivity index (χ1n) is 18.9. The lowest BCUT2D eigenvalue weighted by Crippen LogP contribution is -2.73. The van der Waals surface area contributed by atoms with Gasteiger partial charge in [-0.2, -0.15) is 0 Å². The summed E-state index contributed by atoms with van der Waals surface area (Å²) in [5.41, 5.74) is -4.67. The molecular weight excluding hydrogens is 777 g/mol. The van der Waals surface area contributed by atoms with Gasteiger partial charge in [-0.15, -0.1) is 11.6 Å². The molecule has 2 aromatic rings. The normalized spacial score (nSPS) is 33.1. The Bertz CT molecular complexity index is 2010. The van der Waals surface area contributed by atoms with Crippen molar-refractivity contribution in [2.45, 2.75) is 108 Å². The fraction of sp³-hybridized carbons (Fsp3) is 0.512. The highest BCUT2D eigenvalue weighted by Crippen LogP contribution is 2.66. The third-order valence-corrected chi connectivity index (χ3v) is 12.6. The zero-order valence-electron chi connectivity index (χ0n) is 33.2. The number of aliphatic hydroxyl groups excluding tert-OH is 1. The Morgan fingerprint density at radius 3 is 2.17 bits per heavy atom. The summed E-state index contributed by atoms with van der Waals surface area (Å²) < 4.78 is 35.5. The number of alkyl halides is 1. The Hall–Kier alpha value is -4.61. The molecule has 6 rings (SSSR count). The summed E-state index contributed by atoms with van der Waals surface area (Å²) >= 11 is 5.85. The first-order valence-corrected chi connectivity index (χ1v) is 19.4. The van der Waals surface area contributed by atoms with E-state index in [0.717, 1.165) is 13.8 Å². The van der Waals surface area contributed by atoms with E-state index < -0.39 is 119 Å². The van der Waals surface area contributed by atoms with Crippen LogP contribution < -0.4 is 5.32 Å². The molecule has 3 N–H and O–H groups in total. The molecule has 0 unspecified atom stereocenters. The predicted molar refractivity (Wildman–Crippen MR) is 205 cm³/mol. The van der Waals surface area contributed by atoms with Gasteiger partial charge in [0.25, 0.3) is 14.0 Å². The van der Waals surface area contributed by atoms with Gasteiger partial charge in [-0.05, 0) is 42.7 Å². The Balaban J connectivity index is 1.50. The van der Waals surface area contributed by atoms with Crippen LogP contribution in [0.25, 0.3) is 0 Å². The second-order valence-electron chi connectivity index (χ2n) is 16.0. The smallest absolute Gasteiger partial charge is 0.350 e. The lowest BCUT2D eigenvalue weighted by Gasteiger charge is -2.61. The molecule has 1 aliphatic heterocycles. The van der Waals surface area contributed by atoms with Crippen LogP contribution in [-0.4, -0.2) is 108 Å². The van der Waals surface area contributed by atoms with Gasteiger partial charge in [0, 0.05) is 37.7 Å². The predicted octanol–water partition coefficient (Wildman–Crippen LogP) is 2.19. The van der Waals surface area contributed by atoms with Crippen molar-refractivity contribution in [3.8, 4) is 0 Å². The van der Waals surface area contributed by atoms with Crippen LogP contribution in [0.4, 0.5) is 0 Å². The van der Waals surface area contributed by atoms with Crippen LogP contribution in [-0.2, 0) is 52.3 Å². The Labute approximate surface area is 341 Å². The molecule has 1 amide bonds. The maximum Gasteiger partial charge on any atom is 0.350 e. The van der Waals surface area contributed by atoms with Crippen molar-refractivity contribution >= 4 is 55.2 Å². The van der Waals surface area contributed by atoms with Gasteiger partial charge in [0.15, 0.2) is 11.9 Å². The first-order chi connectivity index (χ1) is 27.3. The van der Waals surface area contributed by atoms with Gasteiger partial charge >= 0.3 is 23.9 Å². The van der Waals surface area contributed by atoms with Gasteiger partial charge in [-0.1, -0.05) is 62.4 Å². The van der Waals surface area contributed by atoms with Crippen molar-refractivity contribution in [2.75, 3.05) is 5.88 Å². The fourth-order valence-corrected chi connectivity index (χ4v) is 9.50. The van der Waals surface area contributed by atoms with E-state index in [1.165, 1.54) is 15.0 Å². The van der Waals surface area contributed by atoms with Gasteiger partial charge in [0.1, 0.15) is 29.7 Å². The Kier molecular flexibility index (Phi) is 11.8. The van der Waals surface area contributed by atoms with Crippen molar-refractivity contribution in [3.63, 3.8) is 0 Å². The summed E-state index contributed by atoms with van der Waals surface area (Å²) in [5, 5.41) is 27.8. The van der Waals surface area contributed by atoms with E-state index in [-0.39, 0.29) is 23.1 Å². The summed E-state index contributed by atoms with van der Waals surface area (Å²) in [5.74, 6) is -9.06. The average molecular weight is 824 g/mol. The highest BCUT2D eigenvalue weighted by atomic mass is 35.5. The number of carbonyl (C=O) groups excluding carboxylic acids is 6. The van der Waals surface area contributed by atoms with Gasteiger partial charge in [-0.25, -0.2) is 4.79 Å². The van der Waals surface area contributed by atoms with E-state index in [4.69, 9.17) is 39.9 Å². The second kappa shape index (κ2) is 15.9. The summed E-state index contributed by atoms with van der Waals surface area (Å²) in [4.78, 5) is 81.6. The molecule has 3 aliphatic carbocycles. The number of nitrogens with one attached hydrogen (secondary N) is 1. The molecular formula is C41H47BClNO14. The van der Waals surface area contributed by atoms with Crippen LogP contribution >= 0.6 is 11.6 Å². The van der Waals surface area contributed by atoms with Gasteiger partial charge in [0.2, 0.25) is 11.9 Å². The van der Waals surface area contributed by atoms with Crippen LogP contribution in [0.5, 0.6) is 0 Å². The number of aliphatic hydroxyl groups is 2. The minimum absolute atomic E-state index is 0.0693. The molecule has 4 aliphatic rings. The molecule has 2 aromatic carbocycles. The fourth-order valence-electron chi connectivity index (χ4n) is 9.43. The van der Waals surface area contributed by atoms with Crippen LogP contribution in [0.3, 0.4) is 0 Å². The molecule has 310 valence electrons. The summed E-state index contributed by atoms with van der Waals surface area (Å²) in [6.07, 6.45) is -9.34. The minimum Gasteiger partial charge on any atom is -0.455 e. The number of Topliss-reactive ketones (excluding diaryl/α,β-unsaturated/α-hetero) is 1. The van der Waals surface area contributed by atoms with Crippen molar-refractivity contribution in [1.82, 2.24) is 5.32 Å². The highest BCUT2D eigenvalue weighted by molar-refractivity contribution is 6.26. The number of hydrogen-bond donors (Lipinski definition) is 3. The number of rotatable bonds is 11. The monoisotopic (exact) mass is 823 g/mol. The topological polar surface area (TPSA) is 214 Å². The number of halogens is 1. The number of carbonyl (C=O) groups is 6. The highest BCUT2D eigenvalue weighted by Gasteiger charge is 2.81. The molecule has 58 heavy (non-hydrogen) atoms. The van der Waals surface area contributed by atoms with E-state index in [9.17, 15) is 34.2 Å². The largest absolute Gasteiger partial charge is 0.455 e. The average Bonchev–Trinajstić information content (AvgIpc) is 3.87. The SMILES string of the molecule is BO[C@H]1[C@@H]2[C@]3(OC(C)=O)O[C@@H]3C[C@H](O)[C@@]2(C)C(=O)[C@H](OC(C)=O)C2=C(C)[C@@H](OC(=O)[C@H](OC(=O)CCl)[C@@H](NC(=O)c3ccccc3)c3ccccc3)C[C@]1(O)C2(C)C. The quantitative estimate of drug-likeness (QED) is 0.0741. The van der Waals surface area contributed by atoms with E-state index in [0.29, 0.717) is 5.56 Å². The molecule has 11 atom stereocenters. The number of ether oxygens (including phenoxy) is 5. The number of esters is 4.